The smallest absolute Gasteiger partial charge is 0.243 e. The van der Waals surface area contributed by atoms with Gasteiger partial charge in [-0.1, -0.05) is 12.1 Å². The van der Waals surface area contributed by atoms with E-state index < -0.39 is 10.0 Å². The van der Waals surface area contributed by atoms with Gasteiger partial charge in [0.25, 0.3) is 0 Å². The first-order valence-corrected chi connectivity index (χ1v) is 8.52. The molecule has 2 N–H and O–H groups in total. The first-order valence-electron chi connectivity index (χ1n) is 7.08. The zero-order valence-electron chi connectivity index (χ0n) is 12.3. The number of nitrogens with two attached hydrogens (primary N) is 1. The molecule has 0 radical (unpaired) electrons. The van der Waals surface area contributed by atoms with Gasteiger partial charge in [-0.25, -0.2) is 8.42 Å². The third kappa shape index (κ3) is 2.96. The van der Waals surface area contributed by atoms with Crippen LogP contribution in [0.1, 0.15) is 13.3 Å². The van der Waals surface area contributed by atoms with Crippen molar-refractivity contribution in [3.05, 3.63) is 36.7 Å². The molecule has 1 aromatic heterocycles. The van der Waals surface area contributed by atoms with E-state index in [1.165, 1.54) is 0 Å². The van der Waals surface area contributed by atoms with Crippen molar-refractivity contribution < 1.29 is 8.42 Å². The summed E-state index contributed by atoms with van der Waals surface area (Å²) >= 11 is 0. The Morgan fingerprint density at radius 3 is 2.82 bits per heavy atom. The molecule has 5 nitrogen and oxygen atoms in total. The predicted octanol–water partition coefficient (Wildman–Crippen LogP) is 2.01. The molecule has 1 aliphatic rings. The minimum Gasteiger partial charge on any atom is -0.328 e. The van der Waals surface area contributed by atoms with Crippen LogP contribution in [-0.4, -0.2) is 36.8 Å². The van der Waals surface area contributed by atoms with Gasteiger partial charge < -0.3 is 5.73 Å². The Labute approximate surface area is 137 Å². The average molecular weight is 342 g/mol. The van der Waals surface area contributed by atoms with E-state index in [4.69, 9.17) is 5.73 Å². The molecule has 0 saturated carbocycles. The number of fused-ring (bicyclic) bond motifs is 1. The Kier molecular flexibility index (Phi) is 5.07. The first kappa shape index (κ1) is 17.1. The number of hydrogen-bond acceptors (Lipinski definition) is 4. The summed E-state index contributed by atoms with van der Waals surface area (Å²) in [4.78, 5) is 4.40. The number of aromatic nitrogens is 1. The molecule has 2 unspecified atom stereocenters. The molecule has 0 aliphatic carbocycles. The highest BCUT2D eigenvalue weighted by atomic mass is 35.5. The van der Waals surface area contributed by atoms with Crippen molar-refractivity contribution in [2.45, 2.75) is 24.3 Å². The van der Waals surface area contributed by atoms with Gasteiger partial charge >= 0.3 is 0 Å². The van der Waals surface area contributed by atoms with E-state index >= 15 is 0 Å². The quantitative estimate of drug-likeness (QED) is 0.926. The summed E-state index contributed by atoms with van der Waals surface area (Å²) in [6.07, 6.45) is 4.13. The molecule has 2 aromatic rings. The molecule has 0 bridgehead atoms. The highest BCUT2D eigenvalue weighted by molar-refractivity contribution is 7.89. The average Bonchev–Trinajstić information content (AvgIpc) is 2.97. The fraction of sp³-hybridized carbons (Fsp3) is 0.400. The van der Waals surface area contributed by atoms with E-state index in [2.05, 4.69) is 4.98 Å². The van der Waals surface area contributed by atoms with Gasteiger partial charge in [-0.3, -0.25) is 4.98 Å². The predicted molar refractivity (Wildman–Crippen MR) is 89.5 cm³/mol. The highest BCUT2D eigenvalue weighted by Gasteiger charge is 2.34. The normalized spacial score (nSPS) is 20.7. The van der Waals surface area contributed by atoms with Crippen LogP contribution in [0.15, 0.2) is 41.6 Å². The first-order chi connectivity index (χ1) is 10.00. The molecular formula is C15H20ClN3O2S. The second-order valence-electron chi connectivity index (χ2n) is 5.62. The standard InChI is InChI=1S/C15H19N3O2S.ClH/c1-11(16)13-6-8-18(10-13)21(19,20)15-4-2-3-12-9-17-7-5-14(12)15;/h2-5,7,9,11,13H,6,8,10,16H2,1H3;1H. The van der Waals surface area contributed by atoms with Crippen molar-refractivity contribution in [3.63, 3.8) is 0 Å². The third-order valence-electron chi connectivity index (χ3n) is 4.19. The van der Waals surface area contributed by atoms with Crippen molar-refractivity contribution in [1.29, 1.82) is 0 Å². The molecule has 7 heteroatoms. The Morgan fingerprint density at radius 1 is 1.36 bits per heavy atom. The minimum absolute atomic E-state index is 0. The molecule has 0 spiro atoms. The van der Waals surface area contributed by atoms with Crippen molar-refractivity contribution in [1.82, 2.24) is 9.29 Å². The SMILES string of the molecule is CC(N)C1CCN(S(=O)(=O)c2cccc3cnccc23)C1.Cl. The summed E-state index contributed by atoms with van der Waals surface area (Å²) in [6.45, 7) is 2.97. The molecule has 1 aliphatic heterocycles. The van der Waals surface area contributed by atoms with Crippen molar-refractivity contribution in [2.75, 3.05) is 13.1 Å². The van der Waals surface area contributed by atoms with E-state index in [1.54, 1.807) is 34.9 Å². The zero-order valence-corrected chi connectivity index (χ0v) is 14.0. The Balaban J connectivity index is 0.00000176. The fourth-order valence-electron chi connectivity index (χ4n) is 2.86. The molecule has 3 rings (SSSR count). The van der Waals surface area contributed by atoms with E-state index in [0.29, 0.717) is 18.0 Å². The van der Waals surface area contributed by atoms with Crippen LogP contribution in [0.2, 0.25) is 0 Å². The van der Waals surface area contributed by atoms with Crippen LogP contribution < -0.4 is 5.73 Å². The van der Waals surface area contributed by atoms with Crippen LogP contribution in [0, 0.1) is 5.92 Å². The molecule has 120 valence electrons. The summed E-state index contributed by atoms with van der Waals surface area (Å²) in [7, 11) is -3.48. The second-order valence-corrected chi connectivity index (χ2v) is 7.53. The number of sulfonamides is 1. The molecule has 1 aromatic carbocycles. The van der Waals surface area contributed by atoms with Gasteiger partial charge in [0.15, 0.2) is 0 Å². The van der Waals surface area contributed by atoms with Crippen molar-refractivity contribution in [2.24, 2.45) is 11.7 Å². The molecule has 1 fully saturated rings. The lowest BCUT2D eigenvalue weighted by Gasteiger charge is -2.19. The van der Waals surface area contributed by atoms with Crippen LogP contribution in [0.4, 0.5) is 0 Å². The summed E-state index contributed by atoms with van der Waals surface area (Å²) in [6, 6.07) is 7.06. The monoisotopic (exact) mass is 341 g/mol. The number of hydrogen-bond donors (Lipinski definition) is 1. The van der Waals surface area contributed by atoms with Crippen LogP contribution >= 0.6 is 12.4 Å². The Morgan fingerprint density at radius 2 is 2.14 bits per heavy atom. The molecule has 2 atom stereocenters. The van der Waals surface area contributed by atoms with Crippen LogP contribution in [-0.2, 0) is 10.0 Å². The molecular weight excluding hydrogens is 322 g/mol. The third-order valence-corrected chi connectivity index (χ3v) is 6.11. The van der Waals surface area contributed by atoms with Gasteiger partial charge in [0.1, 0.15) is 0 Å². The second kappa shape index (κ2) is 6.50. The lowest BCUT2D eigenvalue weighted by atomic mass is 10.0. The van der Waals surface area contributed by atoms with Gasteiger partial charge in [-0.15, -0.1) is 12.4 Å². The molecule has 2 heterocycles. The number of rotatable bonds is 3. The summed E-state index contributed by atoms with van der Waals surface area (Å²) in [5.74, 6) is 0.233. The van der Waals surface area contributed by atoms with Crippen molar-refractivity contribution in [3.8, 4) is 0 Å². The highest BCUT2D eigenvalue weighted by Crippen LogP contribution is 2.29. The zero-order chi connectivity index (χ0) is 15.0. The van der Waals surface area contributed by atoms with Crippen LogP contribution in [0.5, 0.6) is 0 Å². The number of nitrogens with zero attached hydrogens (tertiary/aromatic N) is 2. The number of halogens is 1. The largest absolute Gasteiger partial charge is 0.328 e. The van der Waals surface area contributed by atoms with E-state index in [9.17, 15) is 8.42 Å². The van der Waals surface area contributed by atoms with Gasteiger partial charge in [-0.2, -0.15) is 4.31 Å². The van der Waals surface area contributed by atoms with Crippen LogP contribution in [0.3, 0.4) is 0 Å². The maximum Gasteiger partial charge on any atom is 0.243 e. The maximum absolute atomic E-state index is 12.9. The van der Waals surface area contributed by atoms with Gasteiger partial charge in [0.2, 0.25) is 10.0 Å². The topological polar surface area (TPSA) is 76.3 Å². The van der Waals surface area contributed by atoms with Gasteiger partial charge in [0.05, 0.1) is 4.90 Å². The lowest BCUT2D eigenvalue weighted by molar-refractivity contribution is 0.429. The van der Waals surface area contributed by atoms with E-state index in [1.807, 2.05) is 13.0 Å². The molecule has 1 saturated heterocycles. The van der Waals surface area contributed by atoms with Crippen LogP contribution in [0.25, 0.3) is 10.8 Å². The molecule has 22 heavy (non-hydrogen) atoms. The number of pyridine rings is 1. The fourth-order valence-corrected chi connectivity index (χ4v) is 4.58. The summed E-state index contributed by atoms with van der Waals surface area (Å²) < 4.78 is 27.3. The van der Waals surface area contributed by atoms with Crippen molar-refractivity contribution >= 4 is 33.2 Å². The number of benzene rings is 1. The Bertz CT molecular complexity index is 759. The molecule has 0 amide bonds. The van der Waals surface area contributed by atoms with Gasteiger partial charge in [-0.05, 0) is 31.4 Å². The van der Waals surface area contributed by atoms with E-state index in [-0.39, 0.29) is 24.4 Å². The van der Waals surface area contributed by atoms with E-state index in [0.717, 1.165) is 17.2 Å². The Hall–Kier alpha value is -1.21. The summed E-state index contributed by atoms with van der Waals surface area (Å²) in [5, 5.41) is 1.55. The summed E-state index contributed by atoms with van der Waals surface area (Å²) in [5.41, 5.74) is 5.90. The lowest BCUT2D eigenvalue weighted by Crippen LogP contribution is -2.33. The van der Waals surface area contributed by atoms with Gasteiger partial charge in [0, 0.05) is 42.3 Å². The maximum atomic E-state index is 12.9. The minimum atomic E-state index is -3.48.